The van der Waals surface area contributed by atoms with E-state index in [0.29, 0.717) is 21.9 Å². The van der Waals surface area contributed by atoms with Crippen LogP contribution in [0.15, 0.2) is 24.3 Å². The molecule has 2 aromatic rings. The van der Waals surface area contributed by atoms with Crippen LogP contribution in [0.4, 0.5) is 13.2 Å². The van der Waals surface area contributed by atoms with E-state index >= 15 is 0 Å². The molecule has 1 heterocycles. The quantitative estimate of drug-likeness (QED) is 0.761. The SMILES string of the molecule is O=C(c1ccc(-c2c(F)cc(F)cc2F)s1)C1CC1. The highest BCUT2D eigenvalue weighted by Crippen LogP contribution is 2.38. The molecule has 0 saturated heterocycles. The third kappa shape index (κ3) is 2.30. The summed E-state index contributed by atoms with van der Waals surface area (Å²) in [5.41, 5.74) is -0.277. The summed E-state index contributed by atoms with van der Waals surface area (Å²) in [4.78, 5) is 12.6. The van der Waals surface area contributed by atoms with Gasteiger partial charge in [-0.2, -0.15) is 0 Å². The molecule has 1 saturated carbocycles. The number of carbonyl (C=O) groups excluding carboxylic acids is 1. The van der Waals surface area contributed by atoms with Gasteiger partial charge in [-0.05, 0) is 25.0 Å². The van der Waals surface area contributed by atoms with E-state index in [9.17, 15) is 18.0 Å². The van der Waals surface area contributed by atoms with Crippen LogP contribution >= 0.6 is 11.3 Å². The van der Waals surface area contributed by atoms with Crippen molar-refractivity contribution in [2.24, 2.45) is 5.92 Å². The topological polar surface area (TPSA) is 17.1 Å². The Hall–Kier alpha value is -1.62. The summed E-state index contributed by atoms with van der Waals surface area (Å²) in [7, 11) is 0. The molecule has 0 amide bonds. The summed E-state index contributed by atoms with van der Waals surface area (Å²) < 4.78 is 40.1. The number of hydrogen-bond acceptors (Lipinski definition) is 2. The molecule has 0 N–H and O–H groups in total. The van der Waals surface area contributed by atoms with Crippen molar-refractivity contribution in [1.82, 2.24) is 0 Å². The number of halogens is 3. The molecule has 0 atom stereocenters. The summed E-state index contributed by atoms with van der Waals surface area (Å²) >= 11 is 1.04. The Morgan fingerprint density at radius 2 is 1.74 bits per heavy atom. The molecule has 98 valence electrons. The van der Waals surface area contributed by atoms with Gasteiger partial charge in [0.2, 0.25) is 0 Å². The van der Waals surface area contributed by atoms with Gasteiger partial charge in [0, 0.05) is 22.9 Å². The van der Waals surface area contributed by atoms with Crippen LogP contribution in [-0.2, 0) is 0 Å². The van der Waals surface area contributed by atoms with E-state index in [1.54, 1.807) is 6.07 Å². The van der Waals surface area contributed by atoms with Gasteiger partial charge in [-0.1, -0.05) is 0 Å². The molecule has 19 heavy (non-hydrogen) atoms. The van der Waals surface area contributed by atoms with E-state index in [4.69, 9.17) is 0 Å². The molecule has 1 aliphatic carbocycles. The maximum atomic E-state index is 13.6. The summed E-state index contributed by atoms with van der Waals surface area (Å²) in [5, 5.41) is 0. The van der Waals surface area contributed by atoms with E-state index in [1.165, 1.54) is 6.07 Å². The lowest BCUT2D eigenvalue weighted by molar-refractivity contribution is 0.0971. The van der Waals surface area contributed by atoms with Crippen molar-refractivity contribution in [1.29, 1.82) is 0 Å². The van der Waals surface area contributed by atoms with Gasteiger partial charge in [-0.15, -0.1) is 11.3 Å². The molecule has 1 fully saturated rings. The van der Waals surface area contributed by atoms with Crippen molar-refractivity contribution >= 4 is 17.1 Å². The first-order valence-corrected chi connectivity index (χ1v) is 6.67. The van der Waals surface area contributed by atoms with Gasteiger partial charge in [0.15, 0.2) is 5.78 Å². The minimum atomic E-state index is -0.954. The third-order valence-electron chi connectivity index (χ3n) is 3.05. The highest BCUT2D eigenvalue weighted by Gasteiger charge is 2.31. The van der Waals surface area contributed by atoms with Crippen LogP contribution in [0.3, 0.4) is 0 Å². The molecule has 0 aliphatic heterocycles. The summed E-state index contributed by atoms with van der Waals surface area (Å²) in [6, 6.07) is 4.35. The molecular formula is C14H9F3OS. The van der Waals surface area contributed by atoms with Gasteiger partial charge in [0.25, 0.3) is 0 Å². The highest BCUT2D eigenvalue weighted by atomic mass is 32.1. The Morgan fingerprint density at radius 1 is 1.11 bits per heavy atom. The largest absolute Gasteiger partial charge is 0.293 e. The van der Waals surface area contributed by atoms with Gasteiger partial charge in [-0.3, -0.25) is 4.79 Å². The second kappa shape index (κ2) is 4.49. The zero-order valence-electron chi connectivity index (χ0n) is 9.75. The first kappa shape index (κ1) is 12.4. The van der Waals surface area contributed by atoms with Crippen molar-refractivity contribution in [2.75, 3.05) is 0 Å². The second-order valence-electron chi connectivity index (χ2n) is 4.55. The molecule has 1 aromatic carbocycles. The molecule has 0 bridgehead atoms. The number of ketones is 1. The van der Waals surface area contributed by atoms with Crippen LogP contribution in [0.25, 0.3) is 10.4 Å². The minimum absolute atomic E-state index is 0.0270. The zero-order chi connectivity index (χ0) is 13.6. The fourth-order valence-corrected chi connectivity index (χ4v) is 3.00. The first-order valence-electron chi connectivity index (χ1n) is 5.85. The number of benzene rings is 1. The molecule has 1 aliphatic rings. The van der Waals surface area contributed by atoms with Crippen LogP contribution in [0.1, 0.15) is 22.5 Å². The highest BCUT2D eigenvalue weighted by molar-refractivity contribution is 7.17. The van der Waals surface area contributed by atoms with Crippen molar-refractivity contribution in [3.8, 4) is 10.4 Å². The van der Waals surface area contributed by atoms with E-state index in [-0.39, 0.29) is 17.3 Å². The normalized spacial score (nSPS) is 14.7. The lowest BCUT2D eigenvalue weighted by Crippen LogP contribution is -1.96. The molecule has 3 rings (SSSR count). The molecule has 1 aromatic heterocycles. The number of thiophene rings is 1. The van der Waals surface area contributed by atoms with E-state index in [2.05, 4.69) is 0 Å². The first-order chi connectivity index (χ1) is 9.06. The van der Waals surface area contributed by atoms with E-state index in [1.807, 2.05) is 0 Å². The van der Waals surface area contributed by atoms with Crippen molar-refractivity contribution in [2.45, 2.75) is 12.8 Å². The van der Waals surface area contributed by atoms with E-state index < -0.39 is 17.5 Å². The van der Waals surface area contributed by atoms with Crippen molar-refractivity contribution in [3.63, 3.8) is 0 Å². The molecular weight excluding hydrogens is 273 g/mol. The van der Waals surface area contributed by atoms with Crippen LogP contribution in [0.2, 0.25) is 0 Å². The third-order valence-corrected chi connectivity index (χ3v) is 4.17. The summed E-state index contributed by atoms with van der Waals surface area (Å²) in [5.74, 6) is -2.77. The molecule has 5 heteroatoms. The summed E-state index contributed by atoms with van der Waals surface area (Å²) in [6.07, 6.45) is 1.76. The molecule has 0 radical (unpaired) electrons. The zero-order valence-corrected chi connectivity index (χ0v) is 10.6. The average Bonchev–Trinajstić information content (AvgIpc) is 3.07. The van der Waals surface area contributed by atoms with E-state index in [0.717, 1.165) is 24.2 Å². The van der Waals surface area contributed by atoms with Crippen molar-refractivity contribution < 1.29 is 18.0 Å². The van der Waals surface area contributed by atoms with Crippen LogP contribution < -0.4 is 0 Å². The van der Waals surface area contributed by atoms with Crippen LogP contribution in [0.5, 0.6) is 0 Å². The fraction of sp³-hybridized carbons (Fsp3) is 0.214. The Balaban J connectivity index is 2.01. The van der Waals surface area contributed by atoms with Gasteiger partial charge >= 0.3 is 0 Å². The fourth-order valence-electron chi connectivity index (χ4n) is 1.93. The number of hydrogen-bond donors (Lipinski definition) is 0. The average molecular weight is 282 g/mol. The predicted octanol–water partition coefficient (Wildman–Crippen LogP) is 4.43. The number of Topliss-reactive ketones (excluding diaryl/α,β-unsaturated/α-hetero) is 1. The Labute approximate surface area is 111 Å². The Kier molecular flexibility index (Phi) is 2.93. The molecule has 1 nitrogen and oxygen atoms in total. The molecule has 0 unspecified atom stereocenters. The smallest absolute Gasteiger partial charge is 0.175 e. The van der Waals surface area contributed by atoms with Crippen LogP contribution in [-0.4, -0.2) is 5.78 Å². The van der Waals surface area contributed by atoms with Gasteiger partial charge < -0.3 is 0 Å². The van der Waals surface area contributed by atoms with Crippen molar-refractivity contribution in [3.05, 3.63) is 46.6 Å². The maximum Gasteiger partial charge on any atom is 0.175 e. The minimum Gasteiger partial charge on any atom is -0.293 e. The second-order valence-corrected chi connectivity index (χ2v) is 5.63. The monoisotopic (exact) mass is 282 g/mol. The Bertz CT molecular complexity index is 635. The lowest BCUT2D eigenvalue weighted by atomic mass is 10.1. The number of rotatable bonds is 3. The summed E-state index contributed by atoms with van der Waals surface area (Å²) in [6.45, 7) is 0. The van der Waals surface area contributed by atoms with Gasteiger partial charge in [-0.25, -0.2) is 13.2 Å². The lowest BCUT2D eigenvalue weighted by Gasteiger charge is -2.02. The standard InChI is InChI=1S/C14H9F3OS/c15-8-5-9(16)13(10(17)6-8)11-3-4-12(19-11)14(18)7-1-2-7/h3-7H,1-2H2. The maximum absolute atomic E-state index is 13.6. The van der Waals surface area contributed by atoms with Gasteiger partial charge in [0.1, 0.15) is 17.5 Å². The number of carbonyl (C=O) groups is 1. The van der Waals surface area contributed by atoms with Gasteiger partial charge in [0.05, 0.1) is 10.4 Å². The Morgan fingerprint density at radius 3 is 2.32 bits per heavy atom. The van der Waals surface area contributed by atoms with Crippen LogP contribution in [0, 0.1) is 23.4 Å². The molecule has 0 spiro atoms. The predicted molar refractivity (Wildman–Crippen MR) is 66.7 cm³/mol.